The smallest absolute Gasteiger partial charge is 0.407 e. The van der Waals surface area contributed by atoms with Crippen molar-refractivity contribution in [3.8, 4) is 5.75 Å². The van der Waals surface area contributed by atoms with Crippen LogP contribution in [0, 0.1) is 0 Å². The highest BCUT2D eigenvalue weighted by atomic mass is 16.6. The van der Waals surface area contributed by atoms with Crippen LogP contribution in [0.3, 0.4) is 0 Å². The summed E-state index contributed by atoms with van der Waals surface area (Å²) in [5.74, 6) is 1.72. The van der Waals surface area contributed by atoms with Gasteiger partial charge < -0.3 is 29.9 Å². The van der Waals surface area contributed by atoms with Gasteiger partial charge in [0.05, 0.1) is 25.7 Å². The van der Waals surface area contributed by atoms with Gasteiger partial charge in [-0.2, -0.15) is 0 Å². The average molecular weight is 434 g/mol. The molecule has 0 bridgehead atoms. The van der Waals surface area contributed by atoms with Crippen LogP contribution in [0.5, 0.6) is 5.75 Å². The number of carbonyl (C=O) groups excluding carboxylic acids is 1. The molecule has 1 aliphatic heterocycles. The van der Waals surface area contributed by atoms with Crippen molar-refractivity contribution in [2.45, 2.75) is 51.8 Å². The number of hydrogen-bond donors (Lipinski definition) is 2. The highest BCUT2D eigenvalue weighted by Gasteiger charge is 2.28. The number of benzene rings is 1. The van der Waals surface area contributed by atoms with Crippen LogP contribution in [0.25, 0.3) is 0 Å². The predicted molar refractivity (Wildman–Crippen MR) is 125 cm³/mol. The molecule has 174 valence electrons. The highest BCUT2D eigenvalue weighted by Crippen LogP contribution is 2.22. The second kappa shape index (κ2) is 11.2. The van der Waals surface area contributed by atoms with Crippen LogP contribution in [0.2, 0.25) is 0 Å². The normalized spacial score (nSPS) is 18.1. The number of carbonyl (C=O) groups is 1. The molecule has 0 spiro atoms. The Morgan fingerprint density at radius 2 is 1.97 bits per heavy atom. The lowest BCUT2D eigenvalue weighted by atomic mass is 10.1. The summed E-state index contributed by atoms with van der Waals surface area (Å²) in [6.07, 6.45) is 0.493. The highest BCUT2D eigenvalue weighted by molar-refractivity contribution is 5.80. The molecule has 1 saturated heterocycles. The van der Waals surface area contributed by atoms with Gasteiger partial charge in [0.25, 0.3) is 0 Å². The van der Waals surface area contributed by atoms with E-state index in [1.807, 2.05) is 32.9 Å². The molecule has 0 radical (unpaired) electrons. The summed E-state index contributed by atoms with van der Waals surface area (Å²) in [5.41, 5.74) is 0.692. The quantitative estimate of drug-likeness (QED) is 0.509. The minimum Gasteiger partial charge on any atom is -0.497 e. The summed E-state index contributed by atoms with van der Waals surface area (Å²) < 4.78 is 10.7. The van der Waals surface area contributed by atoms with Crippen molar-refractivity contribution in [3.05, 3.63) is 29.8 Å². The van der Waals surface area contributed by atoms with Gasteiger partial charge in [-0.1, -0.05) is 12.1 Å². The van der Waals surface area contributed by atoms with Gasteiger partial charge in [0.15, 0.2) is 5.96 Å². The molecule has 0 aliphatic carbocycles. The third-order valence-corrected chi connectivity index (χ3v) is 5.08. The molecule has 1 aromatic rings. The van der Waals surface area contributed by atoms with E-state index in [0.717, 1.165) is 31.2 Å². The Morgan fingerprint density at radius 1 is 1.29 bits per heavy atom. The number of nitrogens with one attached hydrogen (secondary N) is 2. The van der Waals surface area contributed by atoms with E-state index in [9.17, 15) is 4.79 Å². The molecule has 2 atom stereocenters. The zero-order valence-electron chi connectivity index (χ0n) is 20.1. The standard InChI is InChI=1S/C23H39N5O3/c1-8-24-21(28-14-13-18(16-28)26-22(29)31-23(2,3)4)25-15-20(27(5)6)17-9-11-19(30-7)12-10-17/h9-12,18,20H,8,13-16H2,1-7H3,(H,24,25)(H,26,29). The van der Waals surface area contributed by atoms with Crippen LogP contribution in [-0.2, 0) is 4.74 Å². The molecule has 1 fully saturated rings. The van der Waals surface area contributed by atoms with E-state index in [4.69, 9.17) is 14.5 Å². The van der Waals surface area contributed by atoms with Crippen molar-refractivity contribution in [3.63, 3.8) is 0 Å². The van der Waals surface area contributed by atoms with Crippen LogP contribution in [0.4, 0.5) is 4.79 Å². The first-order valence-electron chi connectivity index (χ1n) is 11.0. The summed E-state index contributed by atoms with van der Waals surface area (Å²) in [6.45, 7) is 10.6. The summed E-state index contributed by atoms with van der Waals surface area (Å²) in [4.78, 5) is 21.4. The second-order valence-corrected chi connectivity index (χ2v) is 9.03. The van der Waals surface area contributed by atoms with Gasteiger partial charge in [0.2, 0.25) is 0 Å². The Bertz CT molecular complexity index is 728. The van der Waals surface area contributed by atoms with Crippen molar-refractivity contribution in [2.75, 3.05) is 47.4 Å². The van der Waals surface area contributed by atoms with Crippen LogP contribution in [0.1, 0.15) is 45.7 Å². The SMILES string of the molecule is CCNC(=NCC(c1ccc(OC)cc1)N(C)C)N1CCC(NC(=O)OC(C)(C)C)C1. The molecule has 2 rings (SSSR count). The lowest BCUT2D eigenvalue weighted by Crippen LogP contribution is -2.44. The number of likely N-dealkylation sites (N-methyl/N-ethyl adjacent to an activating group) is 1. The van der Waals surface area contributed by atoms with Gasteiger partial charge in [-0.3, -0.25) is 4.99 Å². The number of ether oxygens (including phenoxy) is 2. The molecular weight excluding hydrogens is 394 g/mol. The maximum absolute atomic E-state index is 12.1. The van der Waals surface area contributed by atoms with Crippen molar-refractivity contribution in [2.24, 2.45) is 4.99 Å². The van der Waals surface area contributed by atoms with Gasteiger partial charge >= 0.3 is 6.09 Å². The van der Waals surface area contributed by atoms with Crippen molar-refractivity contribution in [1.82, 2.24) is 20.4 Å². The molecule has 0 saturated carbocycles. The number of amides is 1. The molecule has 8 nitrogen and oxygen atoms in total. The number of alkyl carbamates (subject to hydrolysis) is 1. The van der Waals surface area contributed by atoms with E-state index in [-0.39, 0.29) is 18.2 Å². The Morgan fingerprint density at radius 3 is 2.52 bits per heavy atom. The largest absolute Gasteiger partial charge is 0.497 e. The topological polar surface area (TPSA) is 78.4 Å². The van der Waals surface area contributed by atoms with Gasteiger partial charge in [0, 0.05) is 19.6 Å². The zero-order chi connectivity index (χ0) is 23.0. The Balaban J connectivity index is 2.03. The lowest BCUT2D eigenvalue weighted by Gasteiger charge is -2.26. The first-order chi connectivity index (χ1) is 14.6. The minimum absolute atomic E-state index is 0.0462. The summed E-state index contributed by atoms with van der Waals surface area (Å²) in [7, 11) is 5.80. The van der Waals surface area contributed by atoms with E-state index < -0.39 is 5.60 Å². The number of rotatable bonds is 7. The molecule has 31 heavy (non-hydrogen) atoms. The first-order valence-corrected chi connectivity index (χ1v) is 11.0. The molecule has 2 N–H and O–H groups in total. The Labute approximate surface area is 187 Å². The number of aliphatic imine (C=N–C) groups is 1. The Kier molecular flexibility index (Phi) is 8.98. The van der Waals surface area contributed by atoms with E-state index in [1.54, 1.807) is 7.11 Å². The van der Waals surface area contributed by atoms with Gasteiger partial charge in [-0.25, -0.2) is 4.79 Å². The molecular formula is C23H39N5O3. The van der Waals surface area contributed by atoms with Gasteiger partial charge in [-0.05, 0) is 65.9 Å². The van der Waals surface area contributed by atoms with Crippen LogP contribution < -0.4 is 15.4 Å². The average Bonchev–Trinajstić information content (AvgIpc) is 3.14. The zero-order valence-corrected chi connectivity index (χ0v) is 20.1. The number of guanidine groups is 1. The third kappa shape index (κ3) is 7.94. The first kappa shape index (κ1) is 24.8. The number of nitrogens with zero attached hydrogens (tertiary/aromatic N) is 3. The number of hydrogen-bond acceptors (Lipinski definition) is 5. The fourth-order valence-corrected chi connectivity index (χ4v) is 3.54. The summed E-state index contributed by atoms with van der Waals surface area (Å²) in [6, 6.07) is 8.33. The molecule has 1 aliphatic rings. The number of methoxy groups -OCH3 is 1. The lowest BCUT2D eigenvalue weighted by molar-refractivity contribution is 0.0507. The molecule has 1 heterocycles. The summed E-state index contributed by atoms with van der Waals surface area (Å²) in [5, 5.41) is 6.37. The van der Waals surface area contributed by atoms with E-state index in [2.05, 4.69) is 53.6 Å². The van der Waals surface area contributed by atoms with Gasteiger partial charge in [0.1, 0.15) is 11.4 Å². The van der Waals surface area contributed by atoms with Crippen molar-refractivity contribution >= 4 is 12.1 Å². The fraction of sp³-hybridized carbons (Fsp3) is 0.652. The molecule has 1 amide bonds. The second-order valence-electron chi connectivity index (χ2n) is 9.03. The maximum atomic E-state index is 12.1. The van der Waals surface area contributed by atoms with Crippen LogP contribution >= 0.6 is 0 Å². The molecule has 0 aromatic heterocycles. The van der Waals surface area contributed by atoms with Crippen molar-refractivity contribution in [1.29, 1.82) is 0 Å². The molecule has 2 unspecified atom stereocenters. The minimum atomic E-state index is -0.499. The number of likely N-dealkylation sites (tertiary alicyclic amines) is 1. The molecule has 8 heteroatoms. The maximum Gasteiger partial charge on any atom is 0.407 e. The van der Waals surface area contributed by atoms with Gasteiger partial charge in [-0.15, -0.1) is 0 Å². The summed E-state index contributed by atoms with van der Waals surface area (Å²) >= 11 is 0. The monoisotopic (exact) mass is 433 g/mol. The predicted octanol–water partition coefficient (Wildman–Crippen LogP) is 2.86. The molecule has 1 aromatic carbocycles. The van der Waals surface area contributed by atoms with E-state index in [1.165, 1.54) is 5.56 Å². The van der Waals surface area contributed by atoms with Crippen LogP contribution in [-0.4, -0.2) is 80.9 Å². The van der Waals surface area contributed by atoms with E-state index >= 15 is 0 Å². The Hall–Kier alpha value is -2.48. The van der Waals surface area contributed by atoms with E-state index in [0.29, 0.717) is 13.1 Å². The fourth-order valence-electron chi connectivity index (χ4n) is 3.54. The van der Waals surface area contributed by atoms with Crippen molar-refractivity contribution < 1.29 is 14.3 Å². The van der Waals surface area contributed by atoms with Crippen LogP contribution in [0.15, 0.2) is 29.3 Å². The third-order valence-electron chi connectivity index (χ3n) is 5.08.